The first kappa shape index (κ1) is 22.9. The molecule has 0 radical (unpaired) electrons. The number of rotatable bonds is 9. The van der Waals surface area contributed by atoms with Crippen molar-refractivity contribution in [3.05, 3.63) is 56.9 Å². The molecule has 170 valence electrons. The number of furan rings is 1. The first-order valence-corrected chi connectivity index (χ1v) is 10.5. The average Bonchev–Trinajstić information content (AvgIpc) is 3.21. The fourth-order valence-corrected chi connectivity index (χ4v) is 3.32. The van der Waals surface area contributed by atoms with Gasteiger partial charge in [-0.2, -0.15) is 0 Å². The summed E-state index contributed by atoms with van der Waals surface area (Å²) in [6, 6.07) is 8.61. The van der Waals surface area contributed by atoms with Crippen LogP contribution in [-0.4, -0.2) is 34.6 Å². The molecule has 32 heavy (non-hydrogen) atoms. The molecule has 2 heterocycles. The zero-order chi connectivity index (χ0) is 23.3. The second-order valence-corrected chi connectivity index (χ2v) is 7.27. The summed E-state index contributed by atoms with van der Waals surface area (Å²) in [5.74, 6) is -1.58. The highest BCUT2D eigenvalue weighted by molar-refractivity contribution is 5.99. The van der Waals surface area contributed by atoms with Crippen LogP contribution in [0.15, 0.2) is 44.3 Å². The number of carbonyl (C=O) groups excluding carboxylic acids is 2. The SMILES string of the molecule is CCCCN(C(=O)COC(=O)c1cc2ccccc2o1)c1c(N)n(CCC)c(=O)[nH]c1=O. The van der Waals surface area contributed by atoms with Crippen molar-refractivity contribution >= 4 is 34.4 Å². The Hall–Kier alpha value is -3.82. The van der Waals surface area contributed by atoms with Gasteiger partial charge in [-0.05, 0) is 25.0 Å². The molecule has 0 spiro atoms. The molecular formula is C22H26N4O6. The molecule has 0 aliphatic carbocycles. The van der Waals surface area contributed by atoms with Gasteiger partial charge < -0.3 is 19.8 Å². The van der Waals surface area contributed by atoms with E-state index in [-0.39, 0.29) is 30.4 Å². The fraction of sp³-hybridized carbons (Fsp3) is 0.364. The number of hydrogen-bond acceptors (Lipinski definition) is 7. The number of carbonyl (C=O) groups is 2. The molecule has 10 nitrogen and oxygen atoms in total. The van der Waals surface area contributed by atoms with Crippen molar-refractivity contribution in [2.75, 3.05) is 23.8 Å². The van der Waals surface area contributed by atoms with E-state index in [2.05, 4.69) is 4.98 Å². The molecule has 3 N–H and O–H groups in total. The van der Waals surface area contributed by atoms with Crippen LogP contribution in [0.2, 0.25) is 0 Å². The molecular weight excluding hydrogens is 416 g/mol. The van der Waals surface area contributed by atoms with Crippen molar-refractivity contribution in [1.82, 2.24) is 9.55 Å². The highest BCUT2D eigenvalue weighted by Crippen LogP contribution is 2.20. The van der Waals surface area contributed by atoms with Gasteiger partial charge in [0.15, 0.2) is 12.3 Å². The van der Waals surface area contributed by atoms with E-state index < -0.39 is 29.7 Å². The van der Waals surface area contributed by atoms with E-state index in [9.17, 15) is 19.2 Å². The van der Waals surface area contributed by atoms with Crippen LogP contribution in [0.25, 0.3) is 11.0 Å². The Morgan fingerprint density at radius 2 is 1.94 bits per heavy atom. The minimum absolute atomic E-state index is 0.0343. The number of nitrogen functional groups attached to an aromatic ring is 1. The molecule has 0 atom stereocenters. The zero-order valence-electron chi connectivity index (χ0n) is 18.1. The number of nitrogens with zero attached hydrogens (tertiary/aromatic N) is 2. The lowest BCUT2D eigenvalue weighted by atomic mass is 10.2. The van der Waals surface area contributed by atoms with Crippen LogP contribution in [0.5, 0.6) is 0 Å². The summed E-state index contributed by atoms with van der Waals surface area (Å²) in [7, 11) is 0. The Kier molecular flexibility index (Phi) is 7.14. The van der Waals surface area contributed by atoms with Crippen molar-refractivity contribution in [2.24, 2.45) is 0 Å². The molecule has 1 aromatic carbocycles. The van der Waals surface area contributed by atoms with Crippen LogP contribution < -0.4 is 21.9 Å². The number of H-pyrrole nitrogens is 1. The number of nitrogens with one attached hydrogen (secondary N) is 1. The number of amides is 1. The molecule has 3 rings (SSSR count). The Morgan fingerprint density at radius 1 is 1.19 bits per heavy atom. The van der Waals surface area contributed by atoms with Crippen LogP contribution >= 0.6 is 0 Å². The fourth-order valence-electron chi connectivity index (χ4n) is 3.32. The number of hydrogen-bond donors (Lipinski definition) is 2. The molecule has 2 aromatic heterocycles. The van der Waals surface area contributed by atoms with Crippen molar-refractivity contribution < 1.29 is 18.7 Å². The van der Waals surface area contributed by atoms with Crippen molar-refractivity contribution in [3.63, 3.8) is 0 Å². The molecule has 0 saturated heterocycles. The Bertz CT molecular complexity index is 1210. The third-order valence-electron chi connectivity index (χ3n) is 4.92. The average molecular weight is 442 g/mol. The normalized spacial score (nSPS) is 10.9. The van der Waals surface area contributed by atoms with Crippen molar-refractivity contribution in [3.8, 4) is 0 Å². The largest absolute Gasteiger partial charge is 0.450 e. The molecule has 3 aromatic rings. The molecule has 1 amide bonds. The number of unbranched alkanes of at least 4 members (excludes halogenated alkanes) is 1. The van der Waals surface area contributed by atoms with E-state index in [0.717, 1.165) is 16.7 Å². The number of aromatic amines is 1. The maximum atomic E-state index is 12.9. The Labute approximate surface area is 183 Å². The quantitative estimate of drug-likeness (QED) is 0.484. The second-order valence-electron chi connectivity index (χ2n) is 7.27. The number of nitrogens with two attached hydrogens (primary N) is 1. The van der Waals surface area contributed by atoms with E-state index in [1.54, 1.807) is 18.2 Å². The highest BCUT2D eigenvalue weighted by atomic mass is 16.5. The summed E-state index contributed by atoms with van der Waals surface area (Å²) in [5, 5.41) is 0.729. The number of esters is 1. The maximum absolute atomic E-state index is 12.9. The molecule has 10 heteroatoms. The van der Waals surface area contributed by atoms with Crippen LogP contribution in [0.3, 0.4) is 0 Å². The van der Waals surface area contributed by atoms with Gasteiger partial charge in [0.1, 0.15) is 11.4 Å². The van der Waals surface area contributed by atoms with E-state index in [1.165, 1.54) is 10.6 Å². The zero-order valence-corrected chi connectivity index (χ0v) is 18.1. The lowest BCUT2D eigenvalue weighted by Crippen LogP contribution is -2.43. The van der Waals surface area contributed by atoms with Crippen LogP contribution in [0, 0.1) is 0 Å². The smallest absolute Gasteiger partial charge is 0.374 e. The monoisotopic (exact) mass is 442 g/mol. The molecule has 0 saturated carbocycles. The van der Waals surface area contributed by atoms with E-state index >= 15 is 0 Å². The summed E-state index contributed by atoms with van der Waals surface area (Å²) in [6.07, 6.45) is 1.93. The standard InChI is InChI=1S/C22H26N4O6/c1-3-5-11-25(18-19(23)26(10-4-2)22(30)24-20(18)28)17(27)13-31-21(29)16-12-14-8-6-7-9-15(14)32-16/h6-9,12H,3-5,10-11,13,23H2,1-2H3,(H,24,28,30). The molecule has 0 aliphatic rings. The van der Waals surface area contributed by atoms with Gasteiger partial charge in [0.25, 0.3) is 11.5 Å². The summed E-state index contributed by atoms with van der Waals surface area (Å²) in [4.78, 5) is 53.3. The number of benzene rings is 1. The molecule has 0 bridgehead atoms. The second kappa shape index (κ2) is 9.99. The molecule has 0 unspecified atom stereocenters. The van der Waals surface area contributed by atoms with Crippen molar-refractivity contribution in [2.45, 2.75) is 39.7 Å². The minimum atomic E-state index is -0.803. The van der Waals surface area contributed by atoms with Crippen molar-refractivity contribution in [1.29, 1.82) is 0 Å². The van der Waals surface area contributed by atoms with Gasteiger partial charge in [-0.1, -0.05) is 38.5 Å². The predicted molar refractivity (Wildman–Crippen MR) is 120 cm³/mol. The van der Waals surface area contributed by atoms with Gasteiger partial charge in [0, 0.05) is 18.5 Å². The Morgan fingerprint density at radius 3 is 2.62 bits per heavy atom. The van der Waals surface area contributed by atoms with E-state index in [1.807, 2.05) is 19.9 Å². The van der Waals surface area contributed by atoms with Gasteiger partial charge in [0.05, 0.1) is 0 Å². The van der Waals surface area contributed by atoms with Gasteiger partial charge in [-0.15, -0.1) is 0 Å². The van der Waals surface area contributed by atoms with Gasteiger partial charge in [-0.25, -0.2) is 9.59 Å². The van der Waals surface area contributed by atoms with Gasteiger partial charge >= 0.3 is 11.7 Å². The Balaban J connectivity index is 1.84. The van der Waals surface area contributed by atoms with Crippen LogP contribution in [0.4, 0.5) is 11.5 Å². The van der Waals surface area contributed by atoms with E-state index in [0.29, 0.717) is 18.4 Å². The highest BCUT2D eigenvalue weighted by Gasteiger charge is 2.25. The summed E-state index contributed by atoms with van der Waals surface area (Å²) < 4.78 is 11.8. The number of anilines is 2. The number of ether oxygens (including phenoxy) is 1. The minimum Gasteiger partial charge on any atom is -0.450 e. The number of fused-ring (bicyclic) bond motifs is 1. The van der Waals surface area contributed by atoms with Crippen LogP contribution in [0.1, 0.15) is 43.7 Å². The number of para-hydroxylation sites is 1. The lowest BCUT2D eigenvalue weighted by Gasteiger charge is -2.24. The van der Waals surface area contributed by atoms with Gasteiger partial charge in [-0.3, -0.25) is 19.1 Å². The number of aromatic nitrogens is 2. The summed E-state index contributed by atoms with van der Waals surface area (Å²) in [6.45, 7) is 3.62. The summed E-state index contributed by atoms with van der Waals surface area (Å²) >= 11 is 0. The molecule has 0 aliphatic heterocycles. The summed E-state index contributed by atoms with van der Waals surface area (Å²) in [5.41, 5.74) is 5.08. The maximum Gasteiger partial charge on any atom is 0.374 e. The lowest BCUT2D eigenvalue weighted by molar-refractivity contribution is -0.121. The van der Waals surface area contributed by atoms with E-state index in [4.69, 9.17) is 14.9 Å². The third kappa shape index (κ3) is 4.74. The first-order chi connectivity index (χ1) is 15.4. The van der Waals surface area contributed by atoms with Gasteiger partial charge in [0.2, 0.25) is 5.76 Å². The first-order valence-electron chi connectivity index (χ1n) is 10.5. The predicted octanol–water partition coefficient (Wildman–Crippen LogP) is 2.27. The third-order valence-corrected chi connectivity index (χ3v) is 4.92. The topological polar surface area (TPSA) is 141 Å². The molecule has 0 fully saturated rings. The van der Waals surface area contributed by atoms with Crippen LogP contribution in [-0.2, 0) is 16.1 Å².